The largest absolute Gasteiger partial charge is 0.391 e. The van der Waals surface area contributed by atoms with Gasteiger partial charge in [0.05, 0.1) is 11.1 Å². The van der Waals surface area contributed by atoms with E-state index in [0.29, 0.717) is 20.6 Å². The highest BCUT2D eigenvalue weighted by Crippen LogP contribution is 2.22. The van der Waals surface area contributed by atoms with E-state index in [9.17, 15) is 8.42 Å². The fourth-order valence-electron chi connectivity index (χ4n) is 2.63. The second kappa shape index (κ2) is 10.8. The van der Waals surface area contributed by atoms with Crippen LogP contribution in [0.2, 0.25) is 15.1 Å². The first-order valence-electron chi connectivity index (χ1n) is 9.18. The molecule has 0 saturated heterocycles. The molecule has 4 nitrogen and oxygen atoms in total. The number of halogens is 3. The first-order chi connectivity index (χ1) is 14.9. The summed E-state index contributed by atoms with van der Waals surface area (Å²) in [6.07, 6.45) is 4.52. The quantitative estimate of drug-likeness (QED) is 0.258. The molecule has 0 aromatic heterocycles. The Hall–Kier alpha value is -2.31. The summed E-state index contributed by atoms with van der Waals surface area (Å²) >= 11 is 17.9. The van der Waals surface area contributed by atoms with Crippen molar-refractivity contribution < 1.29 is 13.3 Å². The van der Waals surface area contributed by atoms with Crippen molar-refractivity contribution in [2.45, 2.75) is 16.8 Å². The standard InChI is InChI=1S/C23H18Cl3NO3S/c24-19-9-12-21(13-10-19)31(28,29)22(11-6-17-4-2-1-3-5-17)15-27-30-16-18-7-8-20(25)14-23(18)26/h1-15,22H,16H2/b11-6+,27-15+/t22-/m1/s1. The van der Waals surface area contributed by atoms with Gasteiger partial charge in [-0.3, -0.25) is 0 Å². The van der Waals surface area contributed by atoms with Crippen molar-refractivity contribution >= 4 is 56.9 Å². The molecule has 0 fully saturated rings. The molecule has 0 aliphatic rings. The number of nitrogens with zero attached hydrogens (tertiary/aromatic N) is 1. The maximum Gasteiger partial charge on any atom is 0.190 e. The summed E-state index contributed by atoms with van der Waals surface area (Å²) in [6, 6.07) is 20.4. The first kappa shape index (κ1) is 23.4. The zero-order valence-corrected chi connectivity index (χ0v) is 19.2. The Morgan fingerprint density at radius 1 is 0.903 bits per heavy atom. The molecule has 3 aromatic carbocycles. The predicted molar refractivity (Wildman–Crippen MR) is 128 cm³/mol. The van der Waals surface area contributed by atoms with Crippen molar-refractivity contribution in [1.82, 2.24) is 0 Å². The zero-order valence-electron chi connectivity index (χ0n) is 16.2. The van der Waals surface area contributed by atoms with Crippen LogP contribution in [0.15, 0.2) is 88.9 Å². The van der Waals surface area contributed by atoms with Crippen LogP contribution in [0.5, 0.6) is 0 Å². The topological polar surface area (TPSA) is 55.7 Å². The van der Waals surface area contributed by atoms with E-state index in [1.54, 1.807) is 30.4 Å². The van der Waals surface area contributed by atoms with Gasteiger partial charge >= 0.3 is 0 Å². The van der Waals surface area contributed by atoms with Gasteiger partial charge in [0, 0.05) is 20.6 Å². The van der Waals surface area contributed by atoms with Crippen LogP contribution in [0.1, 0.15) is 11.1 Å². The zero-order chi connectivity index (χ0) is 22.3. The second-order valence-electron chi connectivity index (χ2n) is 6.50. The fraction of sp³-hybridized carbons (Fsp3) is 0.0870. The van der Waals surface area contributed by atoms with E-state index < -0.39 is 15.1 Å². The van der Waals surface area contributed by atoms with E-state index in [1.165, 1.54) is 30.5 Å². The highest BCUT2D eigenvalue weighted by molar-refractivity contribution is 7.93. The van der Waals surface area contributed by atoms with Crippen molar-refractivity contribution in [3.8, 4) is 0 Å². The average Bonchev–Trinajstić information content (AvgIpc) is 2.75. The van der Waals surface area contributed by atoms with Crippen LogP contribution in [0.4, 0.5) is 0 Å². The van der Waals surface area contributed by atoms with Crippen LogP contribution in [-0.2, 0) is 21.3 Å². The van der Waals surface area contributed by atoms with E-state index in [1.807, 2.05) is 30.3 Å². The maximum absolute atomic E-state index is 13.1. The Bertz CT molecular complexity index is 1180. The molecule has 0 aliphatic heterocycles. The Labute approximate surface area is 196 Å². The molecular formula is C23H18Cl3NO3S. The van der Waals surface area contributed by atoms with Gasteiger partial charge in [-0.15, -0.1) is 0 Å². The minimum atomic E-state index is -3.77. The SMILES string of the molecule is O=S(=O)(c1ccc(Cl)cc1)[C@H](/C=C/c1ccccc1)/C=N/OCc1ccc(Cl)cc1Cl. The predicted octanol–water partition coefficient (Wildman–Crippen LogP) is 6.71. The molecule has 0 N–H and O–H groups in total. The summed E-state index contributed by atoms with van der Waals surface area (Å²) in [5.74, 6) is 0. The molecule has 0 heterocycles. The Morgan fingerprint density at radius 3 is 2.26 bits per heavy atom. The van der Waals surface area contributed by atoms with Crippen LogP contribution >= 0.6 is 34.8 Å². The van der Waals surface area contributed by atoms with Gasteiger partial charge in [-0.1, -0.05) is 88.5 Å². The van der Waals surface area contributed by atoms with Gasteiger partial charge in [-0.25, -0.2) is 8.42 Å². The number of oxime groups is 1. The van der Waals surface area contributed by atoms with Crippen LogP contribution in [0.25, 0.3) is 6.08 Å². The second-order valence-corrected chi connectivity index (χ2v) is 9.88. The molecule has 1 atom stereocenters. The first-order valence-corrected chi connectivity index (χ1v) is 11.9. The van der Waals surface area contributed by atoms with Crippen molar-refractivity contribution in [2.75, 3.05) is 0 Å². The smallest absolute Gasteiger partial charge is 0.190 e. The summed E-state index contributed by atoms with van der Waals surface area (Å²) in [6.45, 7) is 0.0720. The molecule has 0 spiro atoms. The van der Waals surface area contributed by atoms with Crippen LogP contribution in [0.3, 0.4) is 0 Å². The molecule has 0 saturated carbocycles. The molecular weight excluding hydrogens is 477 g/mol. The summed E-state index contributed by atoms with van der Waals surface area (Å²) in [4.78, 5) is 5.43. The number of sulfone groups is 1. The summed E-state index contributed by atoms with van der Waals surface area (Å²) < 4.78 is 26.3. The molecule has 31 heavy (non-hydrogen) atoms. The molecule has 0 bridgehead atoms. The summed E-state index contributed by atoms with van der Waals surface area (Å²) in [5, 5.41) is 4.24. The minimum Gasteiger partial charge on any atom is -0.391 e. The average molecular weight is 495 g/mol. The van der Waals surface area contributed by atoms with Crippen LogP contribution < -0.4 is 0 Å². The molecule has 0 radical (unpaired) electrons. The molecule has 160 valence electrons. The van der Waals surface area contributed by atoms with Gasteiger partial charge in [0.1, 0.15) is 11.9 Å². The number of hydrogen-bond acceptors (Lipinski definition) is 4. The lowest BCUT2D eigenvalue weighted by Gasteiger charge is -2.10. The van der Waals surface area contributed by atoms with E-state index in [4.69, 9.17) is 39.6 Å². The van der Waals surface area contributed by atoms with Crippen molar-refractivity contribution in [2.24, 2.45) is 5.16 Å². The Morgan fingerprint density at radius 2 is 1.58 bits per heavy atom. The lowest BCUT2D eigenvalue weighted by atomic mass is 10.2. The molecule has 0 aliphatic carbocycles. The molecule has 0 amide bonds. The van der Waals surface area contributed by atoms with E-state index in [-0.39, 0.29) is 11.5 Å². The van der Waals surface area contributed by atoms with E-state index in [2.05, 4.69) is 5.16 Å². The Kier molecular flexibility index (Phi) is 8.15. The fourth-order valence-corrected chi connectivity index (χ4v) is 4.55. The van der Waals surface area contributed by atoms with Gasteiger partial charge in [-0.05, 0) is 42.0 Å². The normalized spacial score (nSPS) is 13.0. The highest BCUT2D eigenvalue weighted by atomic mass is 35.5. The lowest BCUT2D eigenvalue weighted by Crippen LogP contribution is -2.21. The Balaban J connectivity index is 1.82. The van der Waals surface area contributed by atoms with Crippen molar-refractivity contribution in [3.63, 3.8) is 0 Å². The third-order valence-electron chi connectivity index (χ3n) is 4.30. The van der Waals surface area contributed by atoms with Gasteiger partial charge < -0.3 is 4.84 Å². The van der Waals surface area contributed by atoms with Crippen molar-refractivity contribution in [1.29, 1.82) is 0 Å². The van der Waals surface area contributed by atoms with Gasteiger partial charge in [-0.2, -0.15) is 0 Å². The number of benzene rings is 3. The van der Waals surface area contributed by atoms with Gasteiger partial charge in [0.2, 0.25) is 0 Å². The molecule has 0 unspecified atom stereocenters. The van der Waals surface area contributed by atoms with E-state index in [0.717, 1.165) is 5.56 Å². The summed E-state index contributed by atoms with van der Waals surface area (Å²) in [5.41, 5.74) is 1.54. The highest BCUT2D eigenvalue weighted by Gasteiger charge is 2.24. The number of hydrogen-bond donors (Lipinski definition) is 0. The molecule has 3 rings (SSSR count). The lowest BCUT2D eigenvalue weighted by molar-refractivity contribution is 0.131. The monoisotopic (exact) mass is 493 g/mol. The maximum atomic E-state index is 13.1. The third kappa shape index (κ3) is 6.58. The van der Waals surface area contributed by atoms with Crippen LogP contribution in [-0.4, -0.2) is 19.9 Å². The molecule has 8 heteroatoms. The minimum absolute atomic E-state index is 0.0720. The van der Waals surface area contributed by atoms with Gasteiger partial charge in [0.15, 0.2) is 9.84 Å². The van der Waals surface area contributed by atoms with Gasteiger partial charge in [0.25, 0.3) is 0 Å². The molecule has 3 aromatic rings. The number of rotatable bonds is 8. The van der Waals surface area contributed by atoms with Crippen LogP contribution in [0, 0.1) is 0 Å². The summed E-state index contributed by atoms with van der Waals surface area (Å²) in [7, 11) is -3.77. The van der Waals surface area contributed by atoms with Crippen molar-refractivity contribution in [3.05, 3.63) is 105 Å². The third-order valence-corrected chi connectivity index (χ3v) is 7.06. The van der Waals surface area contributed by atoms with E-state index >= 15 is 0 Å².